The van der Waals surface area contributed by atoms with Gasteiger partial charge in [-0.25, -0.2) is 0 Å². The van der Waals surface area contributed by atoms with E-state index in [4.69, 9.17) is 9.47 Å². The molecule has 4 aliphatic carbocycles. The van der Waals surface area contributed by atoms with E-state index >= 15 is 0 Å². The molecule has 6 heteroatoms. The van der Waals surface area contributed by atoms with Crippen LogP contribution in [0.3, 0.4) is 0 Å². The average molecular weight is 477 g/mol. The number of ketones is 1. The number of carbonyl (C=O) groups excluding carboxylic acids is 3. The van der Waals surface area contributed by atoms with Gasteiger partial charge < -0.3 is 14.6 Å². The van der Waals surface area contributed by atoms with Crippen LogP contribution in [-0.2, 0) is 23.9 Å². The molecule has 4 fully saturated rings. The van der Waals surface area contributed by atoms with E-state index in [1.54, 1.807) is 0 Å². The zero-order valence-corrected chi connectivity index (χ0v) is 21.7. The molecule has 0 saturated heterocycles. The summed E-state index contributed by atoms with van der Waals surface area (Å²) in [6, 6.07) is 0. The largest absolute Gasteiger partial charge is 0.469 e. The van der Waals surface area contributed by atoms with Gasteiger partial charge in [-0.2, -0.15) is 0 Å². The van der Waals surface area contributed by atoms with E-state index in [9.17, 15) is 19.5 Å². The first-order chi connectivity index (χ1) is 16.1. The Labute approximate surface area is 204 Å². The zero-order chi connectivity index (χ0) is 24.8. The van der Waals surface area contributed by atoms with Gasteiger partial charge >= 0.3 is 11.9 Å². The summed E-state index contributed by atoms with van der Waals surface area (Å²) in [5, 5.41) is 11.6. The van der Waals surface area contributed by atoms with Crippen molar-refractivity contribution in [2.75, 3.05) is 13.7 Å². The number of methoxy groups -OCH3 is 1. The van der Waals surface area contributed by atoms with Crippen LogP contribution >= 0.6 is 0 Å². The molecule has 192 valence electrons. The van der Waals surface area contributed by atoms with Crippen LogP contribution in [0.2, 0.25) is 0 Å². The minimum Gasteiger partial charge on any atom is -0.469 e. The van der Waals surface area contributed by atoms with E-state index in [1.807, 2.05) is 6.92 Å². The molecule has 1 N–H and O–H groups in total. The van der Waals surface area contributed by atoms with E-state index in [-0.39, 0.29) is 52.4 Å². The number of rotatable bonds is 6. The Morgan fingerprint density at radius 2 is 1.88 bits per heavy atom. The lowest BCUT2D eigenvalue weighted by molar-refractivity contribution is -0.183. The quantitative estimate of drug-likeness (QED) is 0.565. The zero-order valence-electron chi connectivity index (χ0n) is 21.7. The number of hydrogen-bond donors (Lipinski definition) is 1. The van der Waals surface area contributed by atoms with Crippen molar-refractivity contribution in [3.8, 4) is 0 Å². The maximum Gasteiger partial charge on any atom is 0.308 e. The van der Waals surface area contributed by atoms with Crippen LogP contribution in [0.15, 0.2) is 0 Å². The number of fused-ring (bicyclic) bond motifs is 5. The number of Topliss-reactive ketones (excluding diaryl/α,β-unsaturated/α-hetero) is 1. The fraction of sp³-hybridized carbons (Fsp3) is 0.893. The minimum absolute atomic E-state index is 0.00611. The van der Waals surface area contributed by atoms with Crippen molar-refractivity contribution in [2.45, 2.75) is 91.6 Å². The highest BCUT2D eigenvalue weighted by Gasteiger charge is 2.66. The fourth-order valence-corrected chi connectivity index (χ4v) is 8.99. The van der Waals surface area contributed by atoms with Crippen LogP contribution in [0.25, 0.3) is 0 Å². The second kappa shape index (κ2) is 9.55. The van der Waals surface area contributed by atoms with Gasteiger partial charge in [-0.15, -0.1) is 0 Å². The van der Waals surface area contributed by atoms with Crippen LogP contribution < -0.4 is 0 Å². The summed E-state index contributed by atoms with van der Waals surface area (Å²) in [5.41, 5.74) is -0.309. The molecule has 0 aliphatic heterocycles. The Morgan fingerprint density at radius 1 is 1.15 bits per heavy atom. The lowest BCUT2D eigenvalue weighted by Gasteiger charge is -2.61. The normalized spacial score (nSPS) is 44.4. The summed E-state index contributed by atoms with van der Waals surface area (Å²) in [7, 11) is 1.42. The summed E-state index contributed by atoms with van der Waals surface area (Å²) in [6.07, 6.45) is 6.37. The van der Waals surface area contributed by atoms with E-state index in [0.29, 0.717) is 43.5 Å². The maximum absolute atomic E-state index is 13.7. The third-order valence-corrected chi connectivity index (χ3v) is 11.0. The molecule has 0 aromatic carbocycles. The summed E-state index contributed by atoms with van der Waals surface area (Å²) < 4.78 is 10.1. The fourth-order valence-electron chi connectivity index (χ4n) is 8.99. The molecule has 0 heterocycles. The van der Waals surface area contributed by atoms with Crippen LogP contribution in [0.4, 0.5) is 0 Å². The molecule has 34 heavy (non-hydrogen) atoms. The van der Waals surface area contributed by atoms with Gasteiger partial charge in [0.2, 0.25) is 0 Å². The Hall–Kier alpha value is -1.43. The molecule has 0 spiro atoms. The van der Waals surface area contributed by atoms with Gasteiger partial charge in [0, 0.05) is 24.2 Å². The second-order valence-electron chi connectivity index (χ2n) is 12.2. The molecule has 0 aromatic rings. The van der Waals surface area contributed by atoms with E-state index in [0.717, 1.165) is 38.5 Å². The van der Waals surface area contributed by atoms with Crippen molar-refractivity contribution >= 4 is 17.7 Å². The third kappa shape index (κ3) is 4.02. The molecule has 0 radical (unpaired) electrons. The summed E-state index contributed by atoms with van der Waals surface area (Å²) >= 11 is 0. The van der Waals surface area contributed by atoms with Crippen molar-refractivity contribution < 1.29 is 29.0 Å². The molecule has 0 unspecified atom stereocenters. The number of carbonyl (C=O) groups is 3. The first kappa shape index (κ1) is 25.7. The minimum atomic E-state index is -0.446. The van der Waals surface area contributed by atoms with Crippen LogP contribution in [-0.4, -0.2) is 42.6 Å². The number of esters is 2. The summed E-state index contributed by atoms with van der Waals surface area (Å²) in [4.78, 5) is 37.8. The third-order valence-electron chi connectivity index (χ3n) is 11.0. The molecule has 0 bridgehead atoms. The molecule has 0 amide bonds. The number of aliphatic hydroxyl groups is 1. The lowest BCUT2D eigenvalue weighted by atomic mass is 9.43. The highest BCUT2D eigenvalue weighted by molar-refractivity contribution is 5.84. The molecule has 4 rings (SSSR count). The second-order valence-corrected chi connectivity index (χ2v) is 12.2. The van der Waals surface area contributed by atoms with Crippen molar-refractivity contribution in [1.29, 1.82) is 0 Å². The first-order valence-corrected chi connectivity index (χ1v) is 13.5. The van der Waals surface area contributed by atoms with Crippen LogP contribution in [0.1, 0.15) is 85.5 Å². The molecular weight excluding hydrogens is 432 g/mol. The molecule has 4 aliphatic rings. The van der Waals surface area contributed by atoms with Gasteiger partial charge in [-0.3, -0.25) is 14.4 Å². The molecule has 0 aromatic heterocycles. The van der Waals surface area contributed by atoms with E-state index in [1.165, 1.54) is 7.11 Å². The van der Waals surface area contributed by atoms with E-state index < -0.39 is 6.10 Å². The number of hydrogen-bond acceptors (Lipinski definition) is 6. The predicted octanol–water partition coefficient (Wildman–Crippen LogP) is 4.56. The van der Waals surface area contributed by atoms with Gasteiger partial charge in [-0.05, 0) is 86.9 Å². The SMILES string of the molecule is CCOC(=O)[C@H]1CC[C@@]2(C)[C@@H](CC(=O)[C@H]3[C@H]2C[C@@H](O)[C@]2(C)[C@@H]3CC[C@H]2[C@@H](C)CCC(=O)OC)C1. The maximum atomic E-state index is 13.7. The van der Waals surface area contributed by atoms with Gasteiger partial charge in [0.25, 0.3) is 0 Å². The summed E-state index contributed by atoms with van der Waals surface area (Å²) in [5.74, 6) is 1.11. The van der Waals surface area contributed by atoms with Gasteiger partial charge in [0.05, 0.1) is 25.7 Å². The van der Waals surface area contributed by atoms with E-state index in [2.05, 4.69) is 20.8 Å². The Balaban J connectivity index is 1.54. The monoisotopic (exact) mass is 476 g/mol. The topological polar surface area (TPSA) is 89.9 Å². The molecule has 6 nitrogen and oxygen atoms in total. The Morgan fingerprint density at radius 3 is 2.56 bits per heavy atom. The van der Waals surface area contributed by atoms with Crippen molar-refractivity contribution in [1.82, 2.24) is 0 Å². The number of ether oxygens (including phenoxy) is 2. The van der Waals surface area contributed by atoms with Gasteiger partial charge in [-0.1, -0.05) is 20.8 Å². The Bertz CT molecular complexity index is 809. The lowest BCUT2D eigenvalue weighted by Crippen LogP contribution is -2.61. The van der Waals surface area contributed by atoms with Crippen LogP contribution in [0.5, 0.6) is 0 Å². The average Bonchev–Trinajstić information content (AvgIpc) is 3.16. The highest BCUT2D eigenvalue weighted by Crippen LogP contribution is 2.68. The van der Waals surface area contributed by atoms with Crippen molar-refractivity contribution in [2.24, 2.45) is 52.3 Å². The summed E-state index contributed by atoms with van der Waals surface area (Å²) in [6.45, 7) is 8.96. The molecule has 4 saturated carbocycles. The van der Waals surface area contributed by atoms with Crippen molar-refractivity contribution in [3.63, 3.8) is 0 Å². The number of aliphatic hydroxyl groups excluding tert-OH is 1. The highest BCUT2D eigenvalue weighted by atomic mass is 16.5. The molecular formula is C28H44O6. The Kier molecular flexibility index (Phi) is 7.21. The smallest absolute Gasteiger partial charge is 0.308 e. The molecule has 10 atom stereocenters. The van der Waals surface area contributed by atoms with Gasteiger partial charge in [0.1, 0.15) is 5.78 Å². The van der Waals surface area contributed by atoms with Crippen molar-refractivity contribution in [3.05, 3.63) is 0 Å². The standard InChI is InChI=1S/C28H44O6/c1-6-34-26(32)17-11-12-27(3)18(13-17)14-22(29)25-20-9-8-19(16(2)7-10-24(31)33-5)28(20,4)23(30)15-21(25)27/h16-21,23,25,30H,6-15H2,1-5H3/t16-,17-,18+,19-,20+,21+,23+,25+,27-,28-/m0/s1. The first-order valence-electron chi connectivity index (χ1n) is 13.5. The van der Waals surface area contributed by atoms with Gasteiger partial charge in [0.15, 0.2) is 0 Å². The predicted molar refractivity (Wildman–Crippen MR) is 128 cm³/mol. The van der Waals surface area contributed by atoms with Crippen LogP contribution in [0, 0.1) is 52.3 Å².